The van der Waals surface area contributed by atoms with Crippen LogP contribution in [0.3, 0.4) is 0 Å². The van der Waals surface area contributed by atoms with Crippen LogP contribution in [0.15, 0.2) is 0 Å². The molecule has 0 aromatic heterocycles. The van der Waals surface area contributed by atoms with E-state index in [1.54, 1.807) is 4.90 Å². The quantitative estimate of drug-likeness (QED) is 0.688. The molecule has 16 heavy (non-hydrogen) atoms. The molecule has 5 heteroatoms. The minimum atomic E-state index is -0.690. The highest BCUT2D eigenvalue weighted by atomic mass is 16.3. The Kier molecular flexibility index (Phi) is 3.14. The zero-order chi connectivity index (χ0) is 11.6. The Labute approximate surface area is 94.8 Å². The predicted octanol–water partition coefficient (Wildman–Crippen LogP) is -0.360. The van der Waals surface area contributed by atoms with Crippen LogP contribution in [-0.4, -0.2) is 47.1 Å². The molecule has 2 rings (SSSR count). The van der Waals surface area contributed by atoms with E-state index in [-0.39, 0.29) is 18.4 Å². The average Bonchev–Trinajstić information content (AvgIpc) is 2.59. The molecule has 5 nitrogen and oxygen atoms in total. The van der Waals surface area contributed by atoms with Gasteiger partial charge in [0.25, 0.3) is 0 Å². The third-order valence-electron chi connectivity index (χ3n) is 3.40. The van der Waals surface area contributed by atoms with Gasteiger partial charge >= 0.3 is 0 Å². The molecule has 2 N–H and O–H groups in total. The topological polar surface area (TPSA) is 69.6 Å². The number of hydrogen-bond acceptors (Lipinski definition) is 3. The van der Waals surface area contributed by atoms with Crippen molar-refractivity contribution in [3.63, 3.8) is 0 Å². The van der Waals surface area contributed by atoms with Crippen molar-refractivity contribution in [1.82, 2.24) is 10.2 Å². The van der Waals surface area contributed by atoms with Crippen LogP contribution in [0, 0.1) is 0 Å². The minimum Gasteiger partial charge on any atom is -0.388 e. The summed E-state index contributed by atoms with van der Waals surface area (Å²) in [5, 5.41) is 12.5. The first kappa shape index (κ1) is 11.4. The number of carbonyl (C=O) groups excluding carboxylic acids is 2. The molecule has 2 amide bonds. The van der Waals surface area contributed by atoms with Crippen LogP contribution in [0.4, 0.5) is 0 Å². The molecule has 0 unspecified atom stereocenters. The molecule has 90 valence electrons. The molecule has 1 saturated carbocycles. The Morgan fingerprint density at radius 1 is 1.44 bits per heavy atom. The second-order valence-electron chi connectivity index (χ2n) is 4.77. The largest absolute Gasteiger partial charge is 0.388 e. The maximum atomic E-state index is 11.5. The van der Waals surface area contributed by atoms with Gasteiger partial charge in [0.05, 0.1) is 12.1 Å². The summed E-state index contributed by atoms with van der Waals surface area (Å²) in [4.78, 5) is 24.4. The molecule has 0 bridgehead atoms. The van der Waals surface area contributed by atoms with Crippen LogP contribution in [0.25, 0.3) is 0 Å². The van der Waals surface area contributed by atoms with E-state index in [2.05, 4.69) is 5.32 Å². The fourth-order valence-electron chi connectivity index (χ4n) is 2.13. The zero-order valence-corrected chi connectivity index (χ0v) is 9.37. The number of hydrogen-bond donors (Lipinski definition) is 2. The lowest BCUT2D eigenvalue weighted by Crippen LogP contribution is -2.49. The number of rotatable bonds is 4. The summed E-state index contributed by atoms with van der Waals surface area (Å²) in [5.41, 5.74) is -0.690. The van der Waals surface area contributed by atoms with Gasteiger partial charge in [-0.1, -0.05) is 0 Å². The van der Waals surface area contributed by atoms with E-state index in [0.717, 1.165) is 25.7 Å². The van der Waals surface area contributed by atoms with Crippen molar-refractivity contribution in [2.75, 3.05) is 19.6 Å². The van der Waals surface area contributed by atoms with Gasteiger partial charge < -0.3 is 15.3 Å². The molecule has 0 aromatic carbocycles. The molecule has 0 radical (unpaired) electrons. The summed E-state index contributed by atoms with van der Waals surface area (Å²) in [5.74, 6) is -0.118. The van der Waals surface area contributed by atoms with Gasteiger partial charge in [-0.05, 0) is 25.7 Å². The summed E-state index contributed by atoms with van der Waals surface area (Å²) in [6.45, 7) is 1.12. The SMILES string of the molecule is O=C(CN1CCCC1=O)NCC1(O)CCC1. The Hall–Kier alpha value is -1.10. The van der Waals surface area contributed by atoms with E-state index >= 15 is 0 Å². The molecule has 1 heterocycles. The molecular weight excluding hydrogens is 208 g/mol. The standard InChI is InChI=1S/C11H18N2O3/c14-9(7-13-6-1-3-10(13)15)12-8-11(16)4-2-5-11/h16H,1-8H2,(H,12,14). The Morgan fingerprint density at radius 3 is 2.69 bits per heavy atom. The molecule has 1 aliphatic carbocycles. The average molecular weight is 226 g/mol. The van der Waals surface area contributed by atoms with Crippen molar-refractivity contribution in [2.45, 2.75) is 37.7 Å². The van der Waals surface area contributed by atoms with E-state index in [1.165, 1.54) is 0 Å². The second-order valence-corrected chi connectivity index (χ2v) is 4.77. The third kappa shape index (κ3) is 2.52. The van der Waals surface area contributed by atoms with E-state index in [4.69, 9.17) is 0 Å². The van der Waals surface area contributed by atoms with Gasteiger partial charge in [0, 0.05) is 19.5 Å². The number of nitrogens with zero attached hydrogens (tertiary/aromatic N) is 1. The van der Waals surface area contributed by atoms with Gasteiger partial charge in [0.1, 0.15) is 0 Å². The number of aliphatic hydroxyl groups is 1. The van der Waals surface area contributed by atoms with Crippen LogP contribution in [0.2, 0.25) is 0 Å². The van der Waals surface area contributed by atoms with Crippen molar-refractivity contribution in [2.24, 2.45) is 0 Å². The van der Waals surface area contributed by atoms with Gasteiger partial charge in [0.15, 0.2) is 0 Å². The summed E-state index contributed by atoms with van der Waals surface area (Å²) in [7, 11) is 0. The number of carbonyl (C=O) groups is 2. The third-order valence-corrected chi connectivity index (χ3v) is 3.40. The second kappa shape index (κ2) is 4.41. The van der Waals surface area contributed by atoms with E-state index in [9.17, 15) is 14.7 Å². The van der Waals surface area contributed by atoms with Gasteiger partial charge in [-0.25, -0.2) is 0 Å². The lowest BCUT2D eigenvalue weighted by Gasteiger charge is -2.36. The predicted molar refractivity (Wildman–Crippen MR) is 57.6 cm³/mol. The first-order valence-corrected chi connectivity index (χ1v) is 5.86. The molecule has 0 spiro atoms. The lowest BCUT2D eigenvalue weighted by atomic mass is 9.80. The fraction of sp³-hybridized carbons (Fsp3) is 0.818. The molecule has 1 saturated heterocycles. The first-order chi connectivity index (χ1) is 7.59. The zero-order valence-electron chi connectivity index (χ0n) is 9.37. The smallest absolute Gasteiger partial charge is 0.239 e. The van der Waals surface area contributed by atoms with Crippen LogP contribution < -0.4 is 5.32 Å². The summed E-state index contributed by atoms with van der Waals surface area (Å²) in [6, 6.07) is 0. The highest BCUT2D eigenvalue weighted by Crippen LogP contribution is 2.30. The Morgan fingerprint density at radius 2 is 2.19 bits per heavy atom. The van der Waals surface area contributed by atoms with Crippen molar-refractivity contribution in [3.05, 3.63) is 0 Å². The van der Waals surface area contributed by atoms with Crippen molar-refractivity contribution in [1.29, 1.82) is 0 Å². The molecular formula is C11H18N2O3. The number of amides is 2. The number of likely N-dealkylation sites (tertiary alicyclic amines) is 1. The highest BCUT2D eigenvalue weighted by molar-refractivity contribution is 5.85. The molecule has 0 atom stereocenters. The molecule has 1 aliphatic heterocycles. The summed E-state index contributed by atoms with van der Waals surface area (Å²) < 4.78 is 0. The van der Waals surface area contributed by atoms with Crippen molar-refractivity contribution < 1.29 is 14.7 Å². The fourth-order valence-corrected chi connectivity index (χ4v) is 2.13. The lowest BCUT2D eigenvalue weighted by molar-refractivity contribution is -0.133. The molecule has 2 fully saturated rings. The maximum absolute atomic E-state index is 11.5. The van der Waals surface area contributed by atoms with Gasteiger partial charge in [-0.2, -0.15) is 0 Å². The van der Waals surface area contributed by atoms with E-state index < -0.39 is 5.60 Å². The van der Waals surface area contributed by atoms with Gasteiger partial charge in [-0.3, -0.25) is 9.59 Å². The maximum Gasteiger partial charge on any atom is 0.239 e. The van der Waals surface area contributed by atoms with Gasteiger partial charge in [-0.15, -0.1) is 0 Å². The van der Waals surface area contributed by atoms with Crippen molar-refractivity contribution in [3.8, 4) is 0 Å². The van der Waals surface area contributed by atoms with Crippen LogP contribution in [0.5, 0.6) is 0 Å². The minimum absolute atomic E-state index is 0.0532. The highest BCUT2D eigenvalue weighted by Gasteiger charge is 2.34. The van der Waals surface area contributed by atoms with Crippen molar-refractivity contribution >= 4 is 11.8 Å². The van der Waals surface area contributed by atoms with E-state index in [0.29, 0.717) is 19.5 Å². The summed E-state index contributed by atoms with van der Waals surface area (Å²) in [6.07, 6.45) is 3.94. The normalized spacial score (nSPS) is 23.1. The van der Waals surface area contributed by atoms with Crippen LogP contribution >= 0.6 is 0 Å². The van der Waals surface area contributed by atoms with Crippen LogP contribution in [0.1, 0.15) is 32.1 Å². The first-order valence-electron chi connectivity index (χ1n) is 5.86. The summed E-state index contributed by atoms with van der Waals surface area (Å²) >= 11 is 0. The number of nitrogens with one attached hydrogen (secondary N) is 1. The molecule has 0 aromatic rings. The molecule has 2 aliphatic rings. The Balaban J connectivity index is 1.70. The van der Waals surface area contributed by atoms with Gasteiger partial charge in [0.2, 0.25) is 11.8 Å². The Bertz CT molecular complexity index is 300. The van der Waals surface area contributed by atoms with E-state index in [1.807, 2.05) is 0 Å². The van der Waals surface area contributed by atoms with Crippen LogP contribution in [-0.2, 0) is 9.59 Å². The monoisotopic (exact) mass is 226 g/mol.